The Morgan fingerprint density at radius 2 is 1.38 bits per heavy atom. The van der Waals surface area contributed by atoms with Crippen LogP contribution in [-0.4, -0.2) is 77.9 Å². The average molecular weight is 530 g/mol. The molecule has 15 nitrogen and oxygen atoms in total. The van der Waals surface area contributed by atoms with Gasteiger partial charge in [-0.15, -0.1) is 0 Å². The van der Waals surface area contributed by atoms with E-state index in [1.807, 2.05) is 0 Å². The van der Waals surface area contributed by atoms with E-state index in [1.165, 1.54) is 0 Å². The topological polar surface area (TPSA) is 284 Å². The van der Waals surface area contributed by atoms with Crippen molar-refractivity contribution in [2.75, 3.05) is 13.1 Å². The van der Waals surface area contributed by atoms with Crippen LogP contribution >= 0.6 is 0 Å². The summed E-state index contributed by atoms with van der Waals surface area (Å²) in [6, 6.07) is -4.73. The number of hydrogen-bond acceptors (Lipinski definition) is 8. The van der Waals surface area contributed by atoms with E-state index < -0.39 is 60.2 Å². The van der Waals surface area contributed by atoms with Crippen molar-refractivity contribution in [1.29, 1.82) is 0 Å². The van der Waals surface area contributed by atoms with E-state index in [4.69, 9.17) is 28.7 Å². The number of guanidine groups is 1. The number of aliphatic carboxylic acids is 1. The molecule has 37 heavy (non-hydrogen) atoms. The first-order valence-electron chi connectivity index (χ1n) is 12.2. The molecule has 0 aromatic rings. The third kappa shape index (κ3) is 15.3. The summed E-state index contributed by atoms with van der Waals surface area (Å²) in [5.74, 6) is -4.62. The zero-order valence-electron chi connectivity index (χ0n) is 21.6. The summed E-state index contributed by atoms with van der Waals surface area (Å²) in [5, 5.41) is 16.7. The minimum Gasteiger partial charge on any atom is -0.480 e. The molecule has 0 aliphatic rings. The van der Waals surface area contributed by atoms with Crippen LogP contribution < -0.4 is 44.6 Å². The molecule has 4 amide bonds. The van der Waals surface area contributed by atoms with Gasteiger partial charge in [0, 0.05) is 6.54 Å². The lowest BCUT2D eigenvalue weighted by atomic mass is 10.0. The highest BCUT2D eigenvalue weighted by Crippen LogP contribution is 2.07. The standard InChI is InChI=1S/C22H43N9O6/c1-12(2)10-16(21(36)37)31-20(35)15(11-17(25)32)30-19(34)14(7-5-9-28-22(26)27)29-18(33)13(24)6-3-4-8-23/h12-16H,3-11,23-24H2,1-2H3,(H2,25,32)(H,29,33)(H,30,34)(H,31,35)(H,36,37)(H4,26,27,28). The Morgan fingerprint density at radius 3 is 1.89 bits per heavy atom. The molecule has 0 radical (unpaired) electrons. The van der Waals surface area contributed by atoms with Gasteiger partial charge in [-0.05, 0) is 44.6 Å². The molecule has 0 aliphatic heterocycles. The zero-order chi connectivity index (χ0) is 28.5. The van der Waals surface area contributed by atoms with Gasteiger partial charge < -0.3 is 49.7 Å². The number of aliphatic imine (C=N–C) groups is 1. The van der Waals surface area contributed by atoms with Gasteiger partial charge in [0.25, 0.3) is 0 Å². The van der Waals surface area contributed by atoms with Crippen LogP contribution in [0.15, 0.2) is 4.99 Å². The van der Waals surface area contributed by atoms with Crippen LogP contribution in [0.2, 0.25) is 0 Å². The SMILES string of the molecule is CC(C)CC(NC(=O)C(CC(N)=O)NC(=O)C(CCCN=C(N)N)NC(=O)C(N)CCCCN)C(=O)O. The highest BCUT2D eigenvalue weighted by Gasteiger charge is 2.31. The molecule has 14 N–H and O–H groups in total. The van der Waals surface area contributed by atoms with Gasteiger partial charge in [0.15, 0.2) is 5.96 Å². The van der Waals surface area contributed by atoms with Gasteiger partial charge in [0.2, 0.25) is 23.6 Å². The predicted molar refractivity (Wildman–Crippen MR) is 137 cm³/mol. The van der Waals surface area contributed by atoms with E-state index in [2.05, 4.69) is 20.9 Å². The summed E-state index contributed by atoms with van der Waals surface area (Å²) in [7, 11) is 0. The fourth-order valence-electron chi connectivity index (χ4n) is 3.34. The van der Waals surface area contributed by atoms with Crippen molar-refractivity contribution in [2.45, 2.75) is 83.0 Å². The third-order valence-electron chi connectivity index (χ3n) is 5.24. The van der Waals surface area contributed by atoms with Crippen LogP contribution in [-0.2, 0) is 24.0 Å². The van der Waals surface area contributed by atoms with E-state index in [-0.39, 0.29) is 31.3 Å². The summed E-state index contributed by atoms with van der Waals surface area (Å²) in [4.78, 5) is 65.4. The van der Waals surface area contributed by atoms with E-state index >= 15 is 0 Å². The number of amides is 4. The second kappa shape index (κ2) is 17.9. The predicted octanol–water partition coefficient (Wildman–Crippen LogP) is -3.04. The number of nitrogens with two attached hydrogens (primary N) is 5. The molecular weight excluding hydrogens is 486 g/mol. The fourth-order valence-corrected chi connectivity index (χ4v) is 3.34. The number of nitrogens with one attached hydrogen (secondary N) is 3. The van der Waals surface area contributed by atoms with Gasteiger partial charge in [-0.1, -0.05) is 20.3 Å². The number of rotatable bonds is 19. The second-order valence-corrected chi connectivity index (χ2v) is 9.16. The number of nitrogens with zero attached hydrogens (tertiary/aromatic N) is 1. The van der Waals surface area contributed by atoms with Crippen LogP contribution in [0, 0.1) is 5.92 Å². The summed E-state index contributed by atoms with van der Waals surface area (Å²) < 4.78 is 0. The van der Waals surface area contributed by atoms with Gasteiger partial charge in [-0.25, -0.2) is 4.79 Å². The van der Waals surface area contributed by atoms with Crippen molar-refractivity contribution in [3.05, 3.63) is 0 Å². The maximum Gasteiger partial charge on any atom is 0.326 e. The van der Waals surface area contributed by atoms with Gasteiger partial charge >= 0.3 is 5.97 Å². The number of carboxylic acid groups (broad SMARTS) is 1. The molecule has 4 unspecified atom stereocenters. The Morgan fingerprint density at radius 1 is 0.811 bits per heavy atom. The Balaban J connectivity index is 5.59. The molecule has 0 aliphatic carbocycles. The van der Waals surface area contributed by atoms with Crippen molar-refractivity contribution >= 4 is 35.6 Å². The minimum atomic E-state index is -1.46. The largest absolute Gasteiger partial charge is 0.480 e. The first-order valence-corrected chi connectivity index (χ1v) is 12.2. The molecule has 0 heterocycles. The first kappa shape index (κ1) is 33.5. The lowest BCUT2D eigenvalue weighted by Crippen LogP contribution is -2.57. The summed E-state index contributed by atoms with van der Waals surface area (Å²) >= 11 is 0. The Kier molecular flexibility index (Phi) is 16.2. The lowest BCUT2D eigenvalue weighted by molar-refractivity contribution is -0.143. The van der Waals surface area contributed by atoms with E-state index in [9.17, 15) is 29.1 Å². The Hall–Kier alpha value is -3.46. The van der Waals surface area contributed by atoms with Crippen LogP contribution in [0.5, 0.6) is 0 Å². The lowest BCUT2D eigenvalue weighted by Gasteiger charge is -2.25. The number of primary amides is 1. The fraction of sp³-hybridized carbons (Fsp3) is 0.727. The molecule has 0 saturated heterocycles. The van der Waals surface area contributed by atoms with E-state index in [1.54, 1.807) is 13.8 Å². The quantitative estimate of drug-likeness (QED) is 0.0463. The summed E-state index contributed by atoms with van der Waals surface area (Å²) in [6.07, 6.45) is 1.57. The van der Waals surface area contributed by atoms with Gasteiger partial charge in [0.05, 0.1) is 12.5 Å². The molecule has 0 fully saturated rings. The number of carbonyl (C=O) groups is 5. The number of carbonyl (C=O) groups excluding carboxylic acids is 4. The molecule has 212 valence electrons. The number of unbranched alkanes of at least 4 members (excludes halogenated alkanes) is 1. The molecule has 0 aromatic heterocycles. The molecule has 0 saturated carbocycles. The molecular formula is C22H43N9O6. The van der Waals surface area contributed by atoms with E-state index in [0.717, 1.165) is 0 Å². The Labute approximate surface area is 216 Å². The smallest absolute Gasteiger partial charge is 0.326 e. The van der Waals surface area contributed by atoms with Crippen molar-refractivity contribution in [3.63, 3.8) is 0 Å². The monoisotopic (exact) mass is 529 g/mol. The molecule has 0 aromatic carbocycles. The third-order valence-corrected chi connectivity index (χ3v) is 5.24. The van der Waals surface area contributed by atoms with Crippen molar-refractivity contribution in [1.82, 2.24) is 16.0 Å². The number of hydrogen-bond donors (Lipinski definition) is 9. The first-order chi connectivity index (χ1) is 17.3. The average Bonchev–Trinajstić information content (AvgIpc) is 2.79. The highest BCUT2D eigenvalue weighted by atomic mass is 16.4. The Bertz CT molecular complexity index is 802. The molecule has 4 atom stereocenters. The molecule has 0 rings (SSSR count). The maximum atomic E-state index is 13.1. The summed E-state index contributed by atoms with van der Waals surface area (Å²) in [6.45, 7) is 4.18. The van der Waals surface area contributed by atoms with Crippen molar-refractivity contribution in [2.24, 2.45) is 39.6 Å². The van der Waals surface area contributed by atoms with Crippen molar-refractivity contribution in [3.8, 4) is 0 Å². The van der Waals surface area contributed by atoms with Gasteiger partial charge in [0.1, 0.15) is 18.1 Å². The van der Waals surface area contributed by atoms with Crippen molar-refractivity contribution < 1.29 is 29.1 Å². The molecule has 15 heteroatoms. The van der Waals surface area contributed by atoms with Crippen LogP contribution in [0.4, 0.5) is 0 Å². The summed E-state index contributed by atoms with van der Waals surface area (Å²) in [5.41, 5.74) is 27.2. The van der Waals surface area contributed by atoms with Gasteiger partial charge in [-0.3, -0.25) is 24.2 Å². The van der Waals surface area contributed by atoms with E-state index in [0.29, 0.717) is 32.2 Å². The maximum absolute atomic E-state index is 13.1. The van der Waals surface area contributed by atoms with Crippen LogP contribution in [0.1, 0.15) is 58.8 Å². The highest BCUT2D eigenvalue weighted by molar-refractivity contribution is 5.96. The van der Waals surface area contributed by atoms with Crippen LogP contribution in [0.3, 0.4) is 0 Å². The van der Waals surface area contributed by atoms with Gasteiger partial charge in [-0.2, -0.15) is 0 Å². The van der Waals surface area contributed by atoms with Crippen LogP contribution in [0.25, 0.3) is 0 Å². The number of carboxylic acids is 1. The minimum absolute atomic E-state index is 0.0514. The normalized spacial score (nSPS) is 14.1. The molecule has 0 bridgehead atoms. The second-order valence-electron chi connectivity index (χ2n) is 9.16. The molecule has 0 spiro atoms. The zero-order valence-corrected chi connectivity index (χ0v) is 21.6.